The van der Waals surface area contributed by atoms with Crippen LogP contribution < -0.4 is 15.2 Å². The highest BCUT2D eigenvalue weighted by molar-refractivity contribution is 5.93. The van der Waals surface area contributed by atoms with E-state index in [-0.39, 0.29) is 11.7 Å². The summed E-state index contributed by atoms with van der Waals surface area (Å²) in [4.78, 5) is 25.6. The van der Waals surface area contributed by atoms with Crippen LogP contribution in [0.15, 0.2) is 66.9 Å². The monoisotopic (exact) mass is 533 g/mol. The molecular formula is C27H27F4N3O4. The predicted molar refractivity (Wildman–Crippen MR) is 130 cm³/mol. The van der Waals surface area contributed by atoms with Crippen molar-refractivity contribution in [1.29, 1.82) is 0 Å². The predicted octanol–water partition coefficient (Wildman–Crippen LogP) is 3.95. The molecule has 0 spiro atoms. The number of ether oxygens (including phenoxy) is 1. The molecule has 0 radical (unpaired) electrons. The zero-order valence-electron chi connectivity index (χ0n) is 20.6. The van der Waals surface area contributed by atoms with E-state index in [2.05, 4.69) is 17.3 Å². The van der Waals surface area contributed by atoms with E-state index in [9.17, 15) is 22.4 Å². The smallest absolute Gasteiger partial charge is 0.430 e. The number of quaternary nitrogens is 1. The molecule has 1 saturated heterocycles. The Morgan fingerprint density at radius 2 is 1.53 bits per heavy atom. The van der Waals surface area contributed by atoms with Gasteiger partial charge in [-0.2, -0.15) is 13.2 Å². The van der Waals surface area contributed by atoms with Gasteiger partial charge in [0.2, 0.25) is 0 Å². The molecule has 202 valence electrons. The number of carboxylic acid groups (broad SMARTS) is 1. The number of alkyl halides is 3. The number of likely N-dealkylation sites (tertiary alicyclic amines) is 1. The van der Waals surface area contributed by atoms with Crippen LogP contribution in [0.2, 0.25) is 0 Å². The zero-order chi connectivity index (χ0) is 27.8. The number of amides is 1. The summed E-state index contributed by atoms with van der Waals surface area (Å²) in [5.41, 5.74) is 2.28. The highest BCUT2D eigenvalue weighted by atomic mass is 19.4. The van der Waals surface area contributed by atoms with Crippen LogP contribution in [0.1, 0.15) is 23.3 Å². The van der Waals surface area contributed by atoms with Crippen LogP contribution in [-0.4, -0.2) is 60.7 Å². The Labute approximate surface area is 217 Å². The number of nitrogens with one attached hydrogen (secondary N) is 1. The molecular weight excluding hydrogens is 506 g/mol. The lowest BCUT2D eigenvalue weighted by Gasteiger charge is -2.29. The number of carboxylic acids is 1. The minimum Gasteiger partial charge on any atom is -0.542 e. The number of halogens is 4. The normalized spacial score (nSPS) is 14.2. The molecule has 7 nitrogen and oxygen atoms in total. The van der Waals surface area contributed by atoms with Crippen LogP contribution >= 0.6 is 0 Å². The second-order valence-corrected chi connectivity index (χ2v) is 9.05. The standard InChI is InChI=1S/C25H26FN3O2.C2HF3O2/c1-29(15-2-3-16-29)17-14-28-25(30)24-18-20(12-13-27-24)19-4-8-22(9-5-19)31-23-10-6-21(26)7-11-23;3-2(4,5)1(6)7/h4-13,18H,2-3,14-17H2,1H3;(H,6,7). The number of hydrogen-bond acceptors (Lipinski definition) is 5. The average Bonchev–Trinajstić information content (AvgIpc) is 3.32. The second-order valence-electron chi connectivity index (χ2n) is 9.05. The van der Waals surface area contributed by atoms with E-state index in [0.717, 1.165) is 22.2 Å². The van der Waals surface area contributed by atoms with Crippen LogP contribution in [0.25, 0.3) is 11.1 Å². The first-order valence-corrected chi connectivity index (χ1v) is 11.8. The van der Waals surface area contributed by atoms with Gasteiger partial charge >= 0.3 is 6.18 Å². The quantitative estimate of drug-likeness (QED) is 0.367. The molecule has 1 aliphatic heterocycles. The van der Waals surface area contributed by atoms with Crippen LogP contribution in [0.4, 0.5) is 17.6 Å². The molecule has 3 aromatic rings. The van der Waals surface area contributed by atoms with Crippen molar-refractivity contribution >= 4 is 11.9 Å². The summed E-state index contributed by atoms with van der Waals surface area (Å²) >= 11 is 0. The van der Waals surface area contributed by atoms with Crippen molar-refractivity contribution in [2.75, 3.05) is 33.2 Å². The van der Waals surface area contributed by atoms with Crippen molar-refractivity contribution in [2.24, 2.45) is 0 Å². The van der Waals surface area contributed by atoms with Gasteiger partial charge in [0.25, 0.3) is 5.91 Å². The number of rotatable bonds is 7. The fraction of sp³-hybridized carbons (Fsp3) is 0.296. The third-order valence-corrected chi connectivity index (χ3v) is 6.04. The largest absolute Gasteiger partial charge is 0.542 e. The third-order valence-electron chi connectivity index (χ3n) is 6.04. The molecule has 1 amide bonds. The average molecular weight is 534 g/mol. The topological polar surface area (TPSA) is 91.3 Å². The van der Waals surface area contributed by atoms with E-state index >= 15 is 0 Å². The van der Waals surface area contributed by atoms with Crippen LogP contribution in [0, 0.1) is 5.82 Å². The van der Waals surface area contributed by atoms with Crippen molar-refractivity contribution in [3.05, 3.63) is 78.4 Å². The van der Waals surface area contributed by atoms with Crippen molar-refractivity contribution in [3.8, 4) is 22.6 Å². The van der Waals surface area contributed by atoms with E-state index in [1.54, 1.807) is 24.4 Å². The lowest BCUT2D eigenvalue weighted by molar-refractivity contribution is -0.896. The first-order valence-electron chi connectivity index (χ1n) is 11.8. The molecule has 0 unspecified atom stereocenters. The number of aromatic nitrogens is 1. The summed E-state index contributed by atoms with van der Waals surface area (Å²) < 4.78 is 51.3. The fourth-order valence-corrected chi connectivity index (χ4v) is 3.94. The Bertz CT molecular complexity index is 1230. The minimum atomic E-state index is -5.19. The SMILES string of the molecule is C[N+]1(CCNC(=O)c2cc(-c3ccc(Oc4ccc(F)cc4)cc3)ccn2)CCCC1.O=C([O-])C(F)(F)F. The molecule has 1 fully saturated rings. The van der Waals surface area contributed by atoms with Gasteiger partial charge in [0, 0.05) is 19.0 Å². The molecule has 0 aliphatic carbocycles. The maximum atomic E-state index is 13.0. The summed E-state index contributed by atoms with van der Waals surface area (Å²) in [6, 6.07) is 17.1. The van der Waals surface area contributed by atoms with Crippen LogP contribution in [0.3, 0.4) is 0 Å². The van der Waals surface area contributed by atoms with Gasteiger partial charge in [-0.05, 0) is 59.7 Å². The van der Waals surface area contributed by atoms with E-state index in [0.29, 0.717) is 23.7 Å². The molecule has 1 aromatic heterocycles. The number of carbonyl (C=O) groups is 2. The molecule has 0 atom stereocenters. The van der Waals surface area contributed by atoms with Gasteiger partial charge in [-0.3, -0.25) is 9.78 Å². The molecule has 0 bridgehead atoms. The van der Waals surface area contributed by atoms with Gasteiger partial charge in [-0.15, -0.1) is 0 Å². The Kier molecular flexibility index (Phi) is 9.40. The van der Waals surface area contributed by atoms with Crippen molar-refractivity contribution in [1.82, 2.24) is 10.3 Å². The minimum absolute atomic E-state index is 0.149. The maximum absolute atomic E-state index is 13.0. The zero-order valence-corrected chi connectivity index (χ0v) is 20.6. The molecule has 2 aromatic carbocycles. The number of hydrogen-bond donors (Lipinski definition) is 1. The molecule has 1 aliphatic rings. The first-order chi connectivity index (χ1) is 17.9. The molecule has 1 N–H and O–H groups in total. The summed E-state index contributed by atoms with van der Waals surface area (Å²) in [6.07, 6.45) is -1.01. The number of carbonyl (C=O) groups excluding carboxylic acids is 2. The van der Waals surface area contributed by atoms with Gasteiger partial charge in [0.15, 0.2) is 0 Å². The van der Waals surface area contributed by atoms with E-state index < -0.39 is 12.1 Å². The number of likely N-dealkylation sites (N-methyl/N-ethyl adjacent to an activating group) is 1. The van der Waals surface area contributed by atoms with Crippen molar-refractivity contribution in [3.63, 3.8) is 0 Å². The number of benzene rings is 2. The molecule has 38 heavy (non-hydrogen) atoms. The van der Waals surface area contributed by atoms with Gasteiger partial charge in [-0.1, -0.05) is 12.1 Å². The third kappa shape index (κ3) is 8.55. The highest BCUT2D eigenvalue weighted by Crippen LogP contribution is 2.26. The summed E-state index contributed by atoms with van der Waals surface area (Å²) in [6.45, 7) is 3.96. The fourth-order valence-electron chi connectivity index (χ4n) is 3.94. The number of aliphatic carboxylic acids is 1. The summed E-state index contributed by atoms with van der Waals surface area (Å²) in [7, 11) is 2.25. The van der Waals surface area contributed by atoms with Crippen molar-refractivity contribution < 1.29 is 41.5 Å². The summed E-state index contributed by atoms with van der Waals surface area (Å²) in [5, 5.41) is 11.8. The second kappa shape index (κ2) is 12.5. The Morgan fingerprint density at radius 3 is 2.08 bits per heavy atom. The van der Waals surface area contributed by atoms with Gasteiger partial charge < -0.3 is 24.4 Å². The molecule has 4 rings (SSSR count). The Hall–Kier alpha value is -3.99. The van der Waals surface area contributed by atoms with E-state index in [1.165, 1.54) is 38.1 Å². The van der Waals surface area contributed by atoms with Gasteiger partial charge in [-0.25, -0.2) is 4.39 Å². The number of nitrogens with zero attached hydrogens (tertiary/aromatic N) is 2. The van der Waals surface area contributed by atoms with E-state index in [1.807, 2.05) is 30.3 Å². The highest BCUT2D eigenvalue weighted by Gasteiger charge is 2.29. The number of pyridine rings is 1. The maximum Gasteiger partial charge on any atom is 0.430 e. The van der Waals surface area contributed by atoms with E-state index in [4.69, 9.17) is 14.6 Å². The molecule has 2 heterocycles. The Balaban J connectivity index is 0.000000505. The lowest BCUT2D eigenvalue weighted by Crippen LogP contribution is -2.46. The van der Waals surface area contributed by atoms with Gasteiger partial charge in [0.1, 0.15) is 29.0 Å². The lowest BCUT2D eigenvalue weighted by atomic mass is 10.1. The first kappa shape index (κ1) is 28.6. The van der Waals surface area contributed by atoms with Crippen LogP contribution in [0.5, 0.6) is 11.5 Å². The van der Waals surface area contributed by atoms with Crippen molar-refractivity contribution in [2.45, 2.75) is 19.0 Å². The molecule has 11 heteroatoms. The van der Waals surface area contributed by atoms with Gasteiger partial charge in [0.05, 0.1) is 33.2 Å². The Morgan fingerprint density at radius 1 is 0.974 bits per heavy atom. The summed E-state index contributed by atoms with van der Waals surface area (Å²) in [5.74, 6) is -2.23. The molecule has 0 saturated carbocycles. The van der Waals surface area contributed by atoms with Crippen LogP contribution in [-0.2, 0) is 4.79 Å².